The Morgan fingerprint density at radius 1 is 1.39 bits per heavy atom. The number of amides is 2. The number of nitrogens with zero attached hydrogens (tertiary/aromatic N) is 1. The van der Waals surface area contributed by atoms with Crippen LogP contribution in [0.15, 0.2) is 17.5 Å². The summed E-state index contributed by atoms with van der Waals surface area (Å²) in [4.78, 5) is 27.2. The van der Waals surface area contributed by atoms with Gasteiger partial charge in [-0.05, 0) is 57.5 Å². The van der Waals surface area contributed by atoms with Crippen molar-refractivity contribution < 1.29 is 9.59 Å². The molecule has 1 saturated heterocycles. The third-order valence-corrected chi connectivity index (χ3v) is 5.20. The number of rotatable bonds is 6. The van der Waals surface area contributed by atoms with Gasteiger partial charge in [0.25, 0.3) is 5.91 Å². The van der Waals surface area contributed by atoms with Gasteiger partial charge in [-0.25, -0.2) is 0 Å². The monoisotopic (exact) mass is 337 g/mol. The second-order valence-corrected chi connectivity index (χ2v) is 7.46. The van der Waals surface area contributed by atoms with E-state index in [9.17, 15) is 9.59 Å². The van der Waals surface area contributed by atoms with Crippen LogP contribution in [0, 0.1) is 5.92 Å². The Balaban J connectivity index is 1.74. The fraction of sp³-hybridized carbons (Fsp3) is 0.647. The summed E-state index contributed by atoms with van der Waals surface area (Å²) < 4.78 is 0. The molecule has 0 aromatic carbocycles. The minimum absolute atomic E-state index is 0.114. The second kappa shape index (κ2) is 8.45. The Bertz CT molecular complexity index is 516. The number of likely N-dealkylation sites (tertiary alicyclic amines) is 1. The van der Waals surface area contributed by atoms with Crippen LogP contribution in [0.3, 0.4) is 0 Å². The van der Waals surface area contributed by atoms with Crippen LogP contribution >= 0.6 is 11.3 Å². The molecule has 1 aromatic heterocycles. The van der Waals surface area contributed by atoms with Crippen LogP contribution in [0.2, 0.25) is 0 Å². The van der Waals surface area contributed by atoms with Crippen molar-refractivity contribution >= 4 is 23.2 Å². The first-order valence-corrected chi connectivity index (χ1v) is 9.21. The Morgan fingerprint density at radius 3 is 2.83 bits per heavy atom. The van der Waals surface area contributed by atoms with E-state index in [0.29, 0.717) is 23.4 Å². The van der Waals surface area contributed by atoms with Gasteiger partial charge in [-0.2, -0.15) is 0 Å². The van der Waals surface area contributed by atoms with Crippen LogP contribution in [0.5, 0.6) is 0 Å². The van der Waals surface area contributed by atoms with Crippen molar-refractivity contribution in [1.29, 1.82) is 0 Å². The fourth-order valence-corrected chi connectivity index (χ4v) is 3.50. The lowest BCUT2D eigenvalue weighted by Crippen LogP contribution is -2.48. The molecule has 1 aromatic rings. The van der Waals surface area contributed by atoms with E-state index in [4.69, 9.17) is 0 Å². The van der Waals surface area contributed by atoms with Crippen LogP contribution in [0.4, 0.5) is 0 Å². The average Bonchev–Trinajstić information content (AvgIpc) is 3.07. The molecule has 6 heteroatoms. The first-order chi connectivity index (χ1) is 11.0. The van der Waals surface area contributed by atoms with Gasteiger partial charge in [0.2, 0.25) is 5.91 Å². The van der Waals surface area contributed by atoms with Gasteiger partial charge in [0.05, 0.1) is 4.88 Å². The predicted molar refractivity (Wildman–Crippen MR) is 93.7 cm³/mol. The lowest BCUT2D eigenvalue weighted by Gasteiger charge is -2.35. The number of hydrogen-bond donors (Lipinski definition) is 2. The molecule has 2 N–H and O–H groups in total. The number of carbonyl (C=O) groups excluding carboxylic acids is 2. The van der Waals surface area contributed by atoms with Crippen LogP contribution in [-0.2, 0) is 4.79 Å². The van der Waals surface area contributed by atoms with Gasteiger partial charge >= 0.3 is 0 Å². The van der Waals surface area contributed by atoms with Gasteiger partial charge < -0.3 is 15.5 Å². The molecular weight excluding hydrogens is 310 g/mol. The van der Waals surface area contributed by atoms with Gasteiger partial charge in [-0.3, -0.25) is 9.59 Å². The summed E-state index contributed by atoms with van der Waals surface area (Å²) in [7, 11) is 0. The summed E-state index contributed by atoms with van der Waals surface area (Å²) in [5, 5.41) is 7.58. The van der Waals surface area contributed by atoms with Gasteiger partial charge in [0.1, 0.15) is 6.04 Å². The molecule has 2 rings (SSSR count). The van der Waals surface area contributed by atoms with Crippen LogP contribution in [0.25, 0.3) is 0 Å². The summed E-state index contributed by atoms with van der Waals surface area (Å²) in [6, 6.07) is 3.62. The van der Waals surface area contributed by atoms with E-state index in [1.165, 1.54) is 17.8 Å². The summed E-state index contributed by atoms with van der Waals surface area (Å²) in [5.74, 6) is 0.193. The highest BCUT2D eigenvalue weighted by Crippen LogP contribution is 2.17. The lowest BCUT2D eigenvalue weighted by molar-refractivity contribution is -0.122. The molecule has 0 aliphatic carbocycles. The summed E-state index contributed by atoms with van der Waals surface area (Å²) in [5.41, 5.74) is 0. The molecule has 2 amide bonds. The minimum Gasteiger partial charge on any atom is -0.354 e. The maximum absolute atomic E-state index is 12.2. The highest BCUT2D eigenvalue weighted by Gasteiger charge is 2.23. The highest BCUT2D eigenvalue weighted by atomic mass is 32.1. The van der Waals surface area contributed by atoms with Gasteiger partial charge in [-0.1, -0.05) is 6.07 Å². The maximum atomic E-state index is 12.2. The molecule has 5 nitrogen and oxygen atoms in total. The van der Waals surface area contributed by atoms with E-state index < -0.39 is 6.04 Å². The van der Waals surface area contributed by atoms with Crippen molar-refractivity contribution in [2.45, 2.75) is 45.7 Å². The van der Waals surface area contributed by atoms with Crippen LogP contribution < -0.4 is 10.6 Å². The lowest BCUT2D eigenvalue weighted by atomic mass is 9.97. The Hall–Kier alpha value is -1.40. The number of thiophene rings is 1. The molecule has 1 aliphatic rings. The van der Waals surface area contributed by atoms with Crippen LogP contribution in [0.1, 0.15) is 43.3 Å². The second-order valence-electron chi connectivity index (χ2n) is 6.51. The third-order valence-electron chi connectivity index (χ3n) is 4.33. The van der Waals surface area contributed by atoms with E-state index in [1.54, 1.807) is 13.0 Å². The van der Waals surface area contributed by atoms with Crippen molar-refractivity contribution in [2.24, 2.45) is 5.92 Å². The number of piperidine rings is 1. The molecule has 1 fully saturated rings. The van der Waals surface area contributed by atoms with Crippen molar-refractivity contribution in [3.8, 4) is 0 Å². The maximum Gasteiger partial charge on any atom is 0.261 e. The van der Waals surface area contributed by atoms with E-state index in [-0.39, 0.29) is 11.8 Å². The Morgan fingerprint density at radius 2 is 2.17 bits per heavy atom. The fourth-order valence-electron chi connectivity index (χ4n) is 2.87. The van der Waals surface area contributed by atoms with Crippen LogP contribution in [-0.4, -0.2) is 48.4 Å². The predicted octanol–water partition coefficient (Wildman–Crippen LogP) is 2.10. The van der Waals surface area contributed by atoms with Crippen molar-refractivity contribution in [1.82, 2.24) is 15.5 Å². The number of hydrogen-bond acceptors (Lipinski definition) is 4. The summed E-state index contributed by atoms with van der Waals surface area (Å²) in [6.07, 6.45) is 2.34. The van der Waals surface area contributed by atoms with E-state index in [1.807, 2.05) is 11.4 Å². The zero-order valence-corrected chi connectivity index (χ0v) is 15.0. The first-order valence-electron chi connectivity index (χ1n) is 8.33. The number of carbonyl (C=O) groups is 2. The molecule has 0 unspecified atom stereocenters. The average molecular weight is 337 g/mol. The molecule has 23 heavy (non-hydrogen) atoms. The molecule has 128 valence electrons. The van der Waals surface area contributed by atoms with E-state index in [2.05, 4.69) is 29.4 Å². The van der Waals surface area contributed by atoms with E-state index >= 15 is 0 Å². The van der Waals surface area contributed by atoms with E-state index in [0.717, 1.165) is 19.5 Å². The molecule has 1 aliphatic heterocycles. The molecule has 0 bridgehead atoms. The zero-order chi connectivity index (χ0) is 16.8. The summed E-state index contributed by atoms with van der Waals surface area (Å²) in [6.45, 7) is 9.01. The Labute approximate surface area is 142 Å². The largest absolute Gasteiger partial charge is 0.354 e. The molecular formula is C17H27N3O2S. The quantitative estimate of drug-likeness (QED) is 0.836. The normalized spacial score (nSPS) is 20.3. The minimum atomic E-state index is -0.519. The number of nitrogens with one attached hydrogen (secondary N) is 2. The summed E-state index contributed by atoms with van der Waals surface area (Å²) >= 11 is 1.37. The van der Waals surface area contributed by atoms with Gasteiger partial charge in [0, 0.05) is 19.1 Å². The Kier molecular flexibility index (Phi) is 6.59. The molecule has 0 saturated carbocycles. The smallest absolute Gasteiger partial charge is 0.261 e. The standard InChI is InChI=1S/C17H27N3O2S/c1-12(2)20-8-4-6-14(11-20)10-18-16(21)13(3)19-17(22)15-7-5-9-23-15/h5,7,9,12-14H,4,6,8,10-11H2,1-3H3,(H,18,21)(H,19,22)/t13-,14-/m0/s1. The molecule has 2 heterocycles. The SMILES string of the molecule is CC(C)N1CCC[C@@H](CNC(=O)[C@H](C)NC(=O)c2cccs2)C1. The molecule has 2 atom stereocenters. The van der Waals surface area contributed by atoms with Gasteiger partial charge in [0.15, 0.2) is 0 Å². The molecule has 0 spiro atoms. The van der Waals surface area contributed by atoms with Crippen molar-refractivity contribution in [3.63, 3.8) is 0 Å². The third kappa shape index (κ3) is 5.32. The van der Waals surface area contributed by atoms with Crippen molar-refractivity contribution in [3.05, 3.63) is 22.4 Å². The van der Waals surface area contributed by atoms with Gasteiger partial charge in [-0.15, -0.1) is 11.3 Å². The van der Waals surface area contributed by atoms with Crippen molar-refractivity contribution in [2.75, 3.05) is 19.6 Å². The first kappa shape index (κ1) is 17.9. The highest BCUT2D eigenvalue weighted by molar-refractivity contribution is 7.12. The zero-order valence-electron chi connectivity index (χ0n) is 14.2. The molecule has 0 radical (unpaired) electrons. The topological polar surface area (TPSA) is 61.4 Å².